The van der Waals surface area contributed by atoms with Gasteiger partial charge in [0.05, 0.1) is 6.61 Å². The maximum absolute atomic E-state index is 12.7. The van der Waals surface area contributed by atoms with Crippen LogP contribution in [0.25, 0.3) is 0 Å². The van der Waals surface area contributed by atoms with Gasteiger partial charge >= 0.3 is 0 Å². The maximum atomic E-state index is 12.7. The van der Waals surface area contributed by atoms with Gasteiger partial charge < -0.3 is 19.7 Å². The Morgan fingerprint density at radius 3 is 2.24 bits per heavy atom. The van der Waals surface area contributed by atoms with Gasteiger partial charge in [-0.3, -0.25) is 9.69 Å². The van der Waals surface area contributed by atoms with Crippen molar-refractivity contribution in [1.82, 2.24) is 9.80 Å². The molecule has 4 rings (SSSR count). The van der Waals surface area contributed by atoms with Crippen molar-refractivity contribution >= 4 is 28.8 Å². The topological polar surface area (TPSA) is 54.0 Å². The Hall–Kier alpha value is -3.42. The molecule has 0 atom stereocenters. The number of hydrogen-bond donors (Lipinski definition) is 1. The van der Waals surface area contributed by atoms with Crippen molar-refractivity contribution in [3.63, 3.8) is 0 Å². The summed E-state index contributed by atoms with van der Waals surface area (Å²) >= 11 is 5.86. The summed E-state index contributed by atoms with van der Waals surface area (Å²) in [6, 6.07) is 20.4. The van der Waals surface area contributed by atoms with Crippen LogP contribution in [0.3, 0.4) is 0 Å². The second-order valence-electron chi connectivity index (χ2n) is 9.76. The fourth-order valence-electron chi connectivity index (χ4n) is 4.86. The molecular weight excluding hydrogens is 494 g/mol. The van der Waals surface area contributed by atoms with Crippen LogP contribution < -0.4 is 14.8 Å². The number of carbonyl (C=O) groups excluding carboxylic acids is 1. The minimum Gasteiger partial charge on any atom is -0.490 e. The number of anilines is 1. The second-order valence-corrected chi connectivity index (χ2v) is 10.1. The third-order valence-electron chi connectivity index (χ3n) is 6.70. The molecule has 0 aromatic heterocycles. The first-order valence-corrected chi connectivity index (χ1v) is 13.6. The molecule has 0 radical (unpaired) electrons. The molecule has 1 aliphatic heterocycles. The molecule has 1 fully saturated rings. The van der Waals surface area contributed by atoms with E-state index in [1.165, 1.54) is 11.1 Å². The van der Waals surface area contributed by atoms with Crippen LogP contribution in [-0.4, -0.2) is 60.1 Å². The van der Waals surface area contributed by atoms with Crippen molar-refractivity contribution in [1.29, 1.82) is 0 Å². The zero-order valence-corrected chi connectivity index (χ0v) is 23.6. The summed E-state index contributed by atoms with van der Waals surface area (Å²) in [6.45, 7) is 13.0. The van der Waals surface area contributed by atoms with Crippen LogP contribution in [0.4, 0.5) is 5.69 Å². The zero-order chi connectivity index (χ0) is 27.1. The molecule has 1 N–H and O–H groups in total. The van der Waals surface area contributed by atoms with Crippen molar-refractivity contribution in [3.05, 3.63) is 88.5 Å². The Labute approximate surface area is 231 Å². The van der Waals surface area contributed by atoms with Gasteiger partial charge in [-0.25, -0.2) is 0 Å². The molecule has 200 valence electrons. The van der Waals surface area contributed by atoms with E-state index in [-0.39, 0.29) is 12.5 Å². The summed E-state index contributed by atoms with van der Waals surface area (Å²) in [5, 5.41) is 2.98. The molecule has 0 saturated carbocycles. The van der Waals surface area contributed by atoms with Gasteiger partial charge in [0.2, 0.25) is 0 Å². The van der Waals surface area contributed by atoms with E-state index in [0.717, 1.165) is 60.1 Å². The number of thiocarbonyl (C=S) groups is 1. The quantitative estimate of drug-likeness (QED) is 0.367. The summed E-state index contributed by atoms with van der Waals surface area (Å²) < 4.78 is 11.7. The normalized spacial score (nSPS) is 13.7. The van der Waals surface area contributed by atoms with Gasteiger partial charge in [0.1, 0.15) is 4.99 Å². The predicted molar refractivity (Wildman–Crippen MR) is 157 cm³/mol. The average molecular weight is 532 g/mol. The number of carbonyl (C=O) groups is 1. The van der Waals surface area contributed by atoms with Gasteiger partial charge in [0, 0.05) is 44.0 Å². The Bertz CT molecular complexity index is 1250. The van der Waals surface area contributed by atoms with Crippen molar-refractivity contribution in [2.24, 2.45) is 0 Å². The van der Waals surface area contributed by atoms with E-state index in [1.807, 2.05) is 45.9 Å². The zero-order valence-electron chi connectivity index (χ0n) is 22.8. The Kier molecular flexibility index (Phi) is 9.37. The molecule has 0 spiro atoms. The molecule has 1 amide bonds. The monoisotopic (exact) mass is 531 g/mol. The molecule has 38 heavy (non-hydrogen) atoms. The number of piperazine rings is 1. The van der Waals surface area contributed by atoms with E-state index in [0.29, 0.717) is 18.1 Å². The third-order valence-corrected chi connectivity index (χ3v) is 7.19. The van der Waals surface area contributed by atoms with Crippen LogP contribution in [0.1, 0.15) is 34.7 Å². The van der Waals surface area contributed by atoms with Gasteiger partial charge in [-0.2, -0.15) is 0 Å². The number of nitrogens with zero attached hydrogens (tertiary/aromatic N) is 2. The van der Waals surface area contributed by atoms with Crippen LogP contribution in [0.5, 0.6) is 11.5 Å². The summed E-state index contributed by atoms with van der Waals surface area (Å²) in [7, 11) is 0. The molecule has 0 unspecified atom stereocenters. The van der Waals surface area contributed by atoms with Crippen LogP contribution in [0.2, 0.25) is 0 Å². The molecule has 0 bridgehead atoms. The number of hydrogen-bond acceptors (Lipinski definition) is 5. The first-order chi connectivity index (χ1) is 18.3. The van der Waals surface area contributed by atoms with Crippen LogP contribution in [0.15, 0.2) is 60.7 Å². The Morgan fingerprint density at radius 1 is 0.895 bits per heavy atom. The van der Waals surface area contributed by atoms with E-state index in [1.54, 1.807) is 0 Å². The maximum Gasteiger partial charge on any atom is 0.262 e. The second kappa shape index (κ2) is 12.9. The smallest absolute Gasteiger partial charge is 0.262 e. The third kappa shape index (κ3) is 7.11. The highest BCUT2D eigenvalue weighted by molar-refractivity contribution is 7.80. The number of aryl methyl sites for hydroxylation is 3. The molecule has 3 aromatic rings. The lowest BCUT2D eigenvalue weighted by atomic mass is 10.1. The van der Waals surface area contributed by atoms with Crippen molar-refractivity contribution in [2.45, 2.75) is 34.2 Å². The van der Waals surface area contributed by atoms with Crippen LogP contribution in [0, 0.1) is 20.8 Å². The SMILES string of the molecule is CCOc1cc(C(=S)N2CCN(Cc3ccccc3)CC2)ccc1OCC(=O)Nc1c(C)cc(C)cc1C. The number of rotatable bonds is 9. The first-order valence-electron chi connectivity index (χ1n) is 13.2. The lowest BCUT2D eigenvalue weighted by Crippen LogP contribution is -2.48. The minimum atomic E-state index is -0.213. The molecule has 1 aliphatic rings. The average Bonchev–Trinajstić information content (AvgIpc) is 2.91. The lowest BCUT2D eigenvalue weighted by Gasteiger charge is -2.36. The molecule has 6 nitrogen and oxygen atoms in total. The molecule has 1 saturated heterocycles. The summed E-state index contributed by atoms with van der Waals surface area (Å²) in [5.74, 6) is 0.902. The molecular formula is C31H37N3O3S. The van der Waals surface area contributed by atoms with E-state index in [9.17, 15) is 4.79 Å². The van der Waals surface area contributed by atoms with Crippen molar-refractivity contribution in [3.8, 4) is 11.5 Å². The molecule has 7 heteroatoms. The highest BCUT2D eigenvalue weighted by Gasteiger charge is 2.21. The summed E-state index contributed by atoms with van der Waals surface area (Å²) in [4.78, 5) is 18.2. The van der Waals surface area contributed by atoms with E-state index < -0.39 is 0 Å². The van der Waals surface area contributed by atoms with Crippen molar-refractivity contribution < 1.29 is 14.3 Å². The summed E-state index contributed by atoms with van der Waals surface area (Å²) in [5.41, 5.74) is 6.32. The van der Waals surface area contributed by atoms with E-state index in [2.05, 4.69) is 57.6 Å². The van der Waals surface area contributed by atoms with Gasteiger partial charge in [-0.05, 0) is 62.6 Å². The largest absolute Gasteiger partial charge is 0.490 e. The lowest BCUT2D eigenvalue weighted by molar-refractivity contribution is -0.118. The number of nitrogens with one attached hydrogen (secondary N) is 1. The Balaban J connectivity index is 1.35. The van der Waals surface area contributed by atoms with E-state index >= 15 is 0 Å². The van der Waals surface area contributed by atoms with Crippen LogP contribution in [-0.2, 0) is 11.3 Å². The van der Waals surface area contributed by atoms with Gasteiger partial charge in [-0.15, -0.1) is 0 Å². The number of ether oxygens (including phenoxy) is 2. The highest BCUT2D eigenvalue weighted by Crippen LogP contribution is 2.30. The number of benzene rings is 3. The molecule has 0 aliphatic carbocycles. The Morgan fingerprint density at radius 2 is 1.58 bits per heavy atom. The van der Waals surface area contributed by atoms with Gasteiger partial charge in [0.15, 0.2) is 18.1 Å². The van der Waals surface area contributed by atoms with E-state index in [4.69, 9.17) is 21.7 Å². The fraction of sp³-hybridized carbons (Fsp3) is 0.355. The highest BCUT2D eigenvalue weighted by atomic mass is 32.1. The molecule has 1 heterocycles. The number of amides is 1. The standard InChI is InChI=1S/C31H37N3O3S/c1-5-36-28-19-26(31(38)34-15-13-33(14-16-34)20-25-9-7-6-8-10-25)11-12-27(28)37-21-29(35)32-30-23(3)17-22(2)18-24(30)4/h6-12,17-19H,5,13-16,20-21H2,1-4H3,(H,32,35). The van der Waals surface area contributed by atoms with Gasteiger partial charge in [-0.1, -0.05) is 60.2 Å². The summed E-state index contributed by atoms with van der Waals surface area (Å²) in [6.07, 6.45) is 0. The van der Waals surface area contributed by atoms with Gasteiger partial charge in [0.25, 0.3) is 5.91 Å². The first kappa shape index (κ1) is 27.6. The van der Waals surface area contributed by atoms with Crippen molar-refractivity contribution in [2.75, 3.05) is 44.7 Å². The van der Waals surface area contributed by atoms with Crippen LogP contribution >= 0.6 is 12.2 Å². The fourth-order valence-corrected chi connectivity index (χ4v) is 5.17. The predicted octanol–water partition coefficient (Wildman–Crippen LogP) is 5.52. The minimum absolute atomic E-state index is 0.111. The molecule has 3 aromatic carbocycles.